The highest BCUT2D eigenvalue weighted by molar-refractivity contribution is 7.92. The van der Waals surface area contributed by atoms with E-state index in [1.165, 1.54) is 9.87 Å². The summed E-state index contributed by atoms with van der Waals surface area (Å²) in [7, 11) is -3.06. The van der Waals surface area contributed by atoms with Crippen LogP contribution >= 0.6 is 0 Å². The Bertz CT molecular complexity index is 975. The molecule has 0 aromatic heterocycles. The van der Waals surface area contributed by atoms with Gasteiger partial charge in [-0.05, 0) is 35.7 Å². The van der Waals surface area contributed by atoms with Crippen LogP contribution in [0.1, 0.15) is 17.0 Å². The fourth-order valence-corrected chi connectivity index (χ4v) is 5.00. The van der Waals surface area contributed by atoms with Crippen molar-refractivity contribution in [3.05, 3.63) is 53.1 Å². The van der Waals surface area contributed by atoms with Crippen LogP contribution in [0, 0.1) is 11.6 Å². The van der Waals surface area contributed by atoms with Crippen molar-refractivity contribution in [2.24, 2.45) is 0 Å². The summed E-state index contributed by atoms with van der Waals surface area (Å²) >= 11 is 0. The molecule has 2 aromatic rings. The van der Waals surface area contributed by atoms with Gasteiger partial charge >= 0.3 is 0 Å². The molecule has 138 valence electrons. The lowest BCUT2D eigenvalue weighted by atomic mass is 9.92. The fourth-order valence-electron chi connectivity index (χ4n) is 3.44. The van der Waals surface area contributed by atoms with Crippen molar-refractivity contribution >= 4 is 15.7 Å². The number of halogens is 2. The van der Waals surface area contributed by atoms with E-state index in [2.05, 4.69) is 10.1 Å². The molecule has 26 heavy (non-hydrogen) atoms. The van der Waals surface area contributed by atoms with E-state index < -0.39 is 32.3 Å². The van der Waals surface area contributed by atoms with E-state index in [-0.39, 0.29) is 6.54 Å². The Morgan fingerprint density at radius 3 is 2.62 bits per heavy atom. The van der Waals surface area contributed by atoms with Crippen molar-refractivity contribution < 1.29 is 21.9 Å². The molecule has 0 radical (unpaired) electrons. The van der Waals surface area contributed by atoms with Gasteiger partial charge in [0.2, 0.25) is 0 Å². The van der Waals surface area contributed by atoms with Gasteiger partial charge in [-0.1, -0.05) is 12.1 Å². The van der Waals surface area contributed by atoms with Crippen molar-refractivity contribution in [2.45, 2.75) is 17.2 Å². The van der Waals surface area contributed by atoms with E-state index in [0.29, 0.717) is 18.0 Å². The topological polar surface area (TPSA) is 58.6 Å². The zero-order valence-electron chi connectivity index (χ0n) is 14.1. The summed E-state index contributed by atoms with van der Waals surface area (Å²) in [6.45, 7) is 2.06. The van der Waals surface area contributed by atoms with Crippen LogP contribution in [0.15, 0.2) is 35.2 Å². The van der Waals surface area contributed by atoms with Crippen molar-refractivity contribution in [2.75, 3.05) is 31.0 Å². The molecule has 0 atom stereocenters. The fraction of sp³-hybridized carbons (Fsp3) is 0.333. The number of benzene rings is 2. The van der Waals surface area contributed by atoms with Crippen LogP contribution < -0.4 is 14.4 Å². The van der Waals surface area contributed by atoms with E-state index in [9.17, 15) is 17.2 Å². The predicted molar refractivity (Wildman–Crippen MR) is 93.2 cm³/mol. The lowest BCUT2D eigenvalue weighted by molar-refractivity contribution is 0.354. The molecule has 5 nitrogen and oxygen atoms in total. The average molecular weight is 380 g/mol. The molecule has 0 amide bonds. The second-order valence-electron chi connectivity index (χ2n) is 6.46. The molecular formula is C18H18F2N2O3S. The summed E-state index contributed by atoms with van der Waals surface area (Å²) in [5.74, 6) is -2.40. The molecule has 8 heteroatoms. The van der Waals surface area contributed by atoms with Gasteiger partial charge in [0, 0.05) is 25.6 Å². The van der Waals surface area contributed by atoms with E-state index >= 15 is 0 Å². The molecule has 4 rings (SSSR count). The Morgan fingerprint density at radius 1 is 1.19 bits per heavy atom. The largest absolute Gasteiger partial charge is 0.491 e. The minimum absolute atomic E-state index is 0.225. The Balaban J connectivity index is 1.73. The van der Waals surface area contributed by atoms with Crippen molar-refractivity contribution in [1.29, 1.82) is 0 Å². The molecule has 2 heterocycles. The number of ether oxygens (including phenoxy) is 1. The zero-order valence-corrected chi connectivity index (χ0v) is 14.9. The van der Waals surface area contributed by atoms with Gasteiger partial charge in [0.05, 0.1) is 12.8 Å². The quantitative estimate of drug-likeness (QED) is 0.885. The minimum Gasteiger partial charge on any atom is -0.491 e. The number of hydrogen-bond acceptors (Lipinski definition) is 4. The molecule has 1 saturated heterocycles. The number of rotatable bonds is 4. The highest BCUT2D eigenvalue weighted by atomic mass is 32.2. The second-order valence-corrected chi connectivity index (χ2v) is 8.29. The Labute approximate surface area is 150 Å². The summed E-state index contributed by atoms with van der Waals surface area (Å²) < 4.78 is 59.9. The summed E-state index contributed by atoms with van der Waals surface area (Å²) in [6.07, 6.45) is 0.558. The van der Waals surface area contributed by atoms with E-state index in [0.717, 1.165) is 37.9 Å². The van der Waals surface area contributed by atoms with Gasteiger partial charge in [0.1, 0.15) is 4.90 Å². The standard InChI is InChI=1S/C18H18F2N2O3S/c1-25-18-14(19)3-5-16(17(18)20)26(23,24)22-7-6-12-8-11(2-4-15(12)22)13-9-21-10-13/h2-5,8,13,21H,6-7,9-10H2,1H3. The first-order valence-corrected chi connectivity index (χ1v) is 9.75. The smallest absolute Gasteiger partial charge is 0.267 e. The van der Waals surface area contributed by atoms with Crippen LogP contribution in [0.5, 0.6) is 5.75 Å². The number of hydrogen-bond donors (Lipinski definition) is 1. The van der Waals surface area contributed by atoms with Crippen LogP contribution in [0.25, 0.3) is 0 Å². The normalized spacial score (nSPS) is 17.1. The van der Waals surface area contributed by atoms with E-state index in [4.69, 9.17) is 0 Å². The first-order valence-electron chi connectivity index (χ1n) is 8.31. The summed E-state index contributed by atoms with van der Waals surface area (Å²) in [5.41, 5.74) is 2.65. The Kier molecular flexibility index (Phi) is 4.11. The molecule has 2 aliphatic heterocycles. The maximum atomic E-state index is 14.5. The van der Waals surface area contributed by atoms with Gasteiger partial charge in [0.25, 0.3) is 10.0 Å². The number of anilines is 1. The summed E-state index contributed by atoms with van der Waals surface area (Å²) in [5, 5.41) is 3.21. The number of methoxy groups -OCH3 is 1. The lowest BCUT2D eigenvalue weighted by Crippen LogP contribution is -2.39. The molecule has 2 aromatic carbocycles. The molecule has 2 aliphatic rings. The van der Waals surface area contributed by atoms with Crippen LogP contribution in [0.4, 0.5) is 14.5 Å². The van der Waals surface area contributed by atoms with E-state index in [1.54, 1.807) is 6.07 Å². The van der Waals surface area contributed by atoms with Gasteiger partial charge in [0.15, 0.2) is 17.4 Å². The van der Waals surface area contributed by atoms with Crippen LogP contribution in [-0.2, 0) is 16.4 Å². The van der Waals surface area contributed by atoms with Crippen LogP contribution in [0.2, 0.25) is 0 Å². The SMILES string of the molecule is COc1c(F)ccc(S(=O)(=O)N2CCc3cc(C4CNC4)ccc32)c1F. The number of sulfonamides is 1. The van der Waals surface area contributed by atoms with Crippen molar-refractivity contribution in [1.82, 2.24) is 5.32 Å². The zero-order chi connectivity index (χ0) is 18.5. The molecule has 0 saturated carbocycles. The van der Waals surface area contributed by atoms with Crippen LogP contribution in [-0.4, -0.2) is 35.2 Å². The molecular weight excluding hydrogens is 362 g/mol. The van der Waals surface area contributed by atoms with Gasteiger partial charge < -0.3 is 10.1 Å². The third kappa shape index (κ3) is 2.55. The van der Waals surface area contributed by atoms with Crippen molar-refractivity contribution in [3.63, 3.8) is 0 Å². The molecule has 1 fully saturated rings. The molecule has 0 bridgehead atoms. The second kappa shape index (κ2) is 6.21. The maximum Gasteiger partial charge on any atom is 0.267 e. The van der Waals surface area contributed by atoms with Gasteiger partial charge in [-0.25, -0.2) is 17.2 Å². The molecule has 0 spiro atoms. The number of nitrogens with zero attached hydrogens (tertiary/aromatic N) is 1. The molecule has 1 N–H and O–H groups in total. The van der Waals surface area contributed by atoms with E-state index in [1.807, 2.05) is 12.1 Å². The average Bonchev–Trinajstić information content (AvgIpc) is 2.97. The lowest BCUT2D eigenvalue weighted by Gasteiger charge is -2.28. The van der Waals surface area contributed by atoms with Gasteiger partial charge in [-0.3, -0.25) is 4.31 Å². The highest BCUT2D eigenvalue weighted by Gasteiger charge is 2.35. The molecule has 0 aliphatic carbocycles. The summed E-state index contributed by atoms with van der Waals surface area (Å²) in [6, 6.07) is 7.55. The van der Waals surface area contributed by atoms with Crippen LogP contribution in [0.3, 0.4) is 0 Å². The summed E-state index contributed by atoms with van der Waals surface area (Å²) in [4.78, 5) is -0.587. The minimum atomic E-state index is -4.16. The first kappa shape index (κ1) is 17.2. The third-order valence-corrected chi connectivity index (χ3v) is 6.83. The Hall–Kier alpha value is -2.19. The first-order chi connectivity index (χ1) is 12.4. The van der Waals surface area contributed by atoms with Gasteiger partial charge in [-0.15, -0.1) is 0 Å². The van der Waals surface area contributed by atoms with Gasteiger partial charge in [-0.2, -0.15) is 0 Å². The maximum absolute atomic E-state index is 14.5. The Morgan fingerprint density at radius 2 is 1.96 bits per heavy atom. The highest BCUT2D eigenvalue weighted by Crippen LogP contribution is 2.37. The predicted octanol–water partition coefficient (Wildman–Crippen LogP) is 2.41. The number of nitrogens with one attached hydrogen (secondary N) is 1. The molecule has 0 unspecified atom stereocenters. The van der Waals surface area contributed by atoms with Crippen molar-refractivity contribution in [3.8, 4) is 5.75 Å². The number of fused-ring (bicyclic) bond motifs is 1. The monoisotopic (exact) mass is 380 g/mol. The third-order valence-electron chi connectivity index (χ3n) is 5.00.